The summed E-state index contributed by atoms with van der Waals surface area (Å²) in [7, 11) is 0. The number of carbonyl (C=O) groups is 1. The molecule has 0 saturated carbocycles. The second-order valence-corrected chi connectivity index (χ2v) is 5.30. The molecule has 92 valence electrons. The first-order chi connectivity index (χ1) is 6.21. The Morgan fingerprint density at radius 3 is 2.07 bits per heavy atom. The Labute approximate surface area is 98.8 Å². The van der Waals surface area contributed by atoms with E-state index in [4.69, 9.17) is 10.8 Å². The van der Waals surface area contributed by atoms with Crippen LogP contribution in [0.4, 0.5) is 0 Å². The van der Waals surface area contributed by atoms with Gasteiger partial charge in [-0.25, -0.2) is 0 Å². The van der Waals surface area contributed by atoms with Crippen LogP contribution < -0.4 is 5.73 Å². The summed E-state index contributed by atoms with van der Waals surface area (Å²) in [6.07, 6.45) is 2.95. The minimum absolute atomic E-state index is 0. The second kappa shape index (κ2) is 6.33. The van der Waals surface area contributed by atoms with Gasteiger partial charge in [-0.15, -0.1) is 12.4 Å². The number of rotatable bonds is 5. The first kappa shape index (κ1) is 17.1. The van der Waals surface area contributed by atoms with Crippen molar-refractivity contribution in [2.24, 2.45) is 11.1 Å². The highest BCUT2D eigenvalue weighted by Crippen LogP contribution is 2.29. The second-order valence-electron chi connectivity index (χ2n) is 5.30. The van der Waals surface area contributed by atoms with Gasteiger partial charge in [0.05, 0.1) is 0 Å². The highest BCUT2D eigenvalue weighted by Gasteiger charge is 2.37. The van der Waals surface area contributed by atoms with Crippen molar-refractivity contribution in [3.63, 3.8) is 0 Å². The largest absolute Gasteiger partial charge is 0.480 e. The normalized spacial score (nSPS) is 15.3. The molecule has 15 heavy (non-hydrogen) atoms. The molecule has 1 atom stereocenters. The van der Waals surface area contributed by atoms with Crippen molar-refractivity contribution in [1.29, 1.82) is 0 Å². The van der Waals surface area contributed by atoms with Crippen molar-refractivity contribution in [3.8, 4) is 0 Å². The topological polar surface area (TPSA) is 63.3 Å². The first-order valence-corrected chi connectivity index (χ1v) is 5.23. The third kappa shape index (κ3) is 6.74. The van der Waals surface area contributed by atoms with Gasteiger partial charge < -0.3 is 10.8 Å². The van der Waals surface area contributed by atoms with Gasteiger partial charge in [0.25, 0.3) is 0 Å². The van der Waals surface area contributed by atoms with E-state index in [1.807, 2.05) is 27.7 Å². The molecule has 0 bridgehead atoms. The van der Waals surface area contributed by atoms with E-state index < -0.39 is 11.5 Å². The molecule has 3 nitrogen and oxygen atoms in total. The average molecular weight is 238 g/mol. The summed E-state index contributed by atoms with van der Waals surface area (Å²) in [6.45, 7) is 8.09. The van der Waals surface area contributed by atoms with Crippen molar-refractivity contribution in [2.45, 2.75) is 58.9 Å². The molecule has 0 heterocycles. The van der Waals surface area contributed by atoms with Gasteiger partial charge in [-0.2, -0.15) is 0 Å². The van der Waals surface area contributed by atoms with Crippen molar-refractivity contribution < 1.29 is 9.90 Å². The maximum atomic E-state index is 11.1. The molecular weight excluding hydrogens is 214 g/mol. The zero-order chi connectivity index (χ0) is 11.4. The van der Waals surface area contributed by atoms with Gasteiger partial charge in [0.15, 0.2) is 0 Å². The molecule has 0 aromatic carbocycles. The van der Waals surface area contributed by atoms with Crippen LogP contribution in [0.15, 0.2) is 0 Å². The van der Waals surface area contributed by atoms with Gasteiger partial charge in [0, 0.05) is 0 Å². The quantitative estimate of drug-likeness (QED) is 0.773. The molecule has 0 aliphatic heterocycles. The molecule has 0 aliphatic rings. The number of carboxylic acid groups (broad SMARTS) is 1. The zero-order valence-corrected chi connectivity index (χ0v) is 11.0. The Morgan fingerprint density at radius 2 is 1.80 bits per heavy atom. The SMILES string of the molecule is CCCC[C@](N)(CC(C)(C)C)C(=O)O.Cl. The van der Waals surface area contributed by atoms with Crippen molar-refractivity contribution >= 4 is 18.4 Å². The van der Waals surface area contributed by atoms with Crippen LogP contribution in [0.1, 0.15) is 53.4 Å². The fourth-order valence-electron chi connectivity index (χ4n) is 1.71. The van der Waals surface area contributed by atoms with Gasteiger partial charge in [0.1, 0.15) is 5.54 Å². The molecular formula is C11H24ClNO2. The predicted molar refractivity (Wildman–Crippen MR) is 65.4 cm³/mol. The number of carboxylic acids is 1. The van der Waals surface area contributed by atoms with E-state index in [9.17, 15) is 4.79 Å². The Morgan fingerprint density at radius 1 is 1.33 bits per heavy atom. The van der Waals surface area contributed by atoms with Gasteiger partial charge >= 0.3 is 5.97 Å². The van der Waals surface area contributed by atoms with Crippen LogP contribution in [-0.4, -0.2) is 16.6 Å². The summed E-state index contributed by atoms with van der Waals surface area (Å²) >= 11 is 0. The average Bonchev–Trinajstić information content (AvgIpc) is 1.97. The molecule has 0 aromatic rings. The van der Waals surface area contributed by atoms with E-state index in [0.29, 0.717) is 12.8 Å². The van der Waals surface area contributed by atoms with E-state index in [0.717, 1.165) is 12.8 Å². The maximum Gasteiger partial charge on any atom is 0.323 e. The minimum Gasteiger partial charge on any atom is -0.480 e. The van der Waals surface area contributed by atoms with Crippen molar-refractivity contribution in [3.05, 3.63) is 0 Å². The fourth-order valence-corrected chi connectivity index (χ4v) is 1.71. The Bertz CT molecular complexity index is 201. The van der Waals surface area contributed by atoms with Crippen molar-refractivity contribution in [1.82, 2.24) is 0 Å². The summed E-state index contributed by atoms with van der Waals surface area (Å²) in [5, 5.41) is 9.10. The number of halogens is 1. The predicted octanol–water partition coefficient (Wildman–Crippen LogP) is 2.82. The summed E-state index contributed by atoms with van der Waals surface area (Å²) in [6, 6.07) is 0. The lowest BCUT2D eigenvalue weighted by Gasteiger charge is -2.31. The monoisotopic (exact) mass is 237 g/mol. The molecule has 4 heteroatoms. The van der Waals surface area contributed by atoms with E-state index >= 15 is 0 Å². The van der Waals surface area contributed by atoms with E-state index in [-0.39, 0.29) is 17.8 Å². The third-order valence-corrected chi connectivity index (χ3v) is 2.25. The number of unbranched alkanes of at least 4 members (excludes halogenated alkanes) is 1. The van der Waals surface area contributed by atoms with Crippen molar-refractivity contribution in [2.75, 3.05) is 0 Å². The molecule has 0 spiro atoms. The van der Waals surface area contributed by atoms with E-state index in [1.54, 1.807) is 0 Å². The summed E-state index contributed by atoms with van der Waals surface area (Å²) < 4.78 is 0. The lowest BCUT2D eigenvalue weighted by atomic mass is 9.78. The van der Waals surface area contributed by atoms with Gasteiger partial charge in [-0.05, 0) is 18.3 Å². The number of hydrogen-bond acceptors (Lipinski definition) is 2. The van der Waals surface area contributed by atoms with Crippen LogP contribution in [-0.2, 0) is 4.79 Å². The van der Waals surface area contributed by atoms with Gasteiger partial charge in [0.2, 0.25) is 0 Å². The highest BCUT2D eigenvalue weighted by atomic mass is 35.5. The van der Waals surface area contributed by atoms with Crippen LogP contribution in [0.3, 0.4) is 0 Å². The van der Waals surface area contributed by atoms with Gasteiger partial charge in [-0.3, -0.25) is 4.79 Å². The Hall–Kier alpha value is -0.280. The molecule has 3 N–H and O–H groups in total. The van der Waals surface area contributed by atoms with Crippen LogP contribution in [0, 0.1) is 5.41 Å². The third-order valence-electron chi connectivity index (χ3n) is 2.25. The Kier molecular flexibility index (Phi) is 7.23. The van der Waals surface area contributed by atoms with Gasteiger partial charge in [-0.1, -0.05) is 40.5 Å². The summed E-state index contributed by atoms with van der Waals surface area (Å²) in [4.78, 5) is 11.1. The Balaban J connectivity index is 0. The van der Waals surface area contributed by atoms with Crippen LogP contribution >= 0.6 is 12.4 Å². The lowest BCUT2D eigenvalue weighted by Crippen LogP contribution is -2.50. The minimum atomic E-state index is -1.05. The first-order valence-electron chi connectivity index (χ1n) is 5.23. The summed E-state index contributed by atoms with van der Waals surface area (Å²) in [5.41, 5.74) is 4.83. The molecule has 0 saturated heterocycles. The van der Waals surface area contributed by atoms with E-state index in [2.05, 4.69) is 0 Å². The molecule has 0 rings (SSSR count). The molecule has 0 radical (unpaired) electrons. The van der Waals surface area contributed by atoms with E-state index in [1.165, 1.54) is 0 Å². The van der Waals surface area contributed by atoms with Crippen LogP contribution in [0.5, 0.6) is 0 Å². The van der Waals surface area contributed by atoms with Crippen LogP contribution in [0.25, 0.3) is 0 Å². The molecule has 0 aromatic heterocycles. The number of nitrogens with two attached hydrogens (primary N) is 1. The number of hydrogen-bond donors (Lipinski definition) is 2. The molecule has 0 aliphatic carbocycles. The zero-order valence-electron chi connectivity index (χ0n) is 10.2. The number of aliphatic carboxylic acids is 1. The maximum absolute atomic E-state index is 11.1. The smallest absolute Gasteiger partial charge is 0.323 e. The highest BCUT2D eigenvalue weighted by molar-refractivity contribution is 5.85. The lowest BCUT2D eigenvalue weighted by molar-refractivity contribution is -0.145. The summed E-state index contributed by atoms with van der Waals surface area (Å²) in [5.74, 6) is -0.874. The molecule has 0 unspecified atom stereocenters. The molecule has 0 amide bonds. The fraction of sp³-hybridized carbons (Fsp3) is 0.909. The molecule has 0 fully saturated rings. The standard InChI is InChI=1S/C11H23NO2.ClH/c1-5-6-7-11(12,9(13)14)8-10(2,3)4;/h5-8,12H2,1-4H3,(H,13,14);1H/t11-;/m0./s1. The van der Waals surface area contributed by atoms with Crippen LogP contribution in [0.2, 0.25) is 0 Å².